The van der Waals surface area contributed by atoms with E-state index in [-0.39, 0.29) is 25.6 Å². The number of aliphatic hydroxyl groups is 1. The lowest BCUT2D eigenvalue weighted by Crippen LogP contribution is -2.42. The van der Waals surface area contributed by atoms with E-state index in [0.29, 0.717) is 6.54 Å². The van der Waals surface area contributed by atoms with Crippen molar-refractivity contribution in [3.05, 3.63) is 45.8 Å². The lowest BCUT2D eigenvalue weighted by atomic mass is 10.4. The van der Waals surface area contributed by atoms with Gasteiger partial charge in [0.05, 0.1) is 6.61 Å². The van der Waals surface area contributed by atoms with Gasteiger partial charge in [-0.15, -0.1) is 6.58 Å². The highest BCUT2D eigenvalue weighted by Gasteiger charge is 2.13. The molecule has 1 amide bonds. The Bertz CT molecular complexity index is 573. The van der Waals surface area contributed by atoms with Gasteiger partial charge < -0.3 is 10.0 Å². The van der Waals surface area contributed by atoms with E-state index >= 15 is 0 Å². The Morgan fingerprint density at radius 1 is 1.53 bits per heavy atom. The minimum Gasteiger partial charge on any atom is -0.395 e. The van der Waals surface area contributed by atoms with Crippen molar-refractivity contribution in [1.29, 1.82) is 0 Å². The fourth-order valence-corrected chi connectivity index (χ4v) is 1.58. The van der Waals surface area contributed by atoms with Crippen LogP contribution < -0.4 is 11.2 Å². The molecular formula is C12H17N3O4. The van der Waals surface area contributed by atoms with E-state index in [1.165, 1.54) is 30.3 Å². The maximum atomic E-state index is 12.0. The molecule has 0 aliphatic rings. The molecule has 0 unspecified atom stereocenters. The molecule has 0 saturated heterocycles. The molecule has 0 bridgehead atoms. The number of nitrogens with zero attached hydrogens (tertiary/aromatic N) is 3. The summed E-state index contributed by atoms with van der Waals surface area (Å²) in [5.74, 6) is -0.324. The molecule has 7 nitrogen and oxygen atoms in total. The zero-order valence-electron chi connectivity index (χ0n) is 10.8. The highest BCUT2D eigenvalue weighted by atomic mass is 16.3. The van der Waals surface area contributed by atoms with Crippen LogP contribution in [-0.4, -0.2) is 44.7 Å². The van der Waals surface area contributed by atoms with Gasteiger partial charge in [0.2, 0.25) is 5.91 Å². The zero-order chi connectivity index (χ0) is 14.4. The van der Waals surface area contributed by atoms with Crippen molar-refractivity contribution < 1.29 is 9.90 Å². The molecule has 0 radical (unpaired) electrons. The largest absolute Gasteiger partial charge is 0.395 e. The first kappa shape index (κ1) is 14.9. The monoisotopic (exact) mass is 267 g/mol. The number of aromatic nitrogens is 2. The Labute approximate surface area is 110 Å². The number of rotatable bonds is 6. The Morgan fingerprint density at radius 2 is 2.21 bits per heavy atom. The molecule has 1 rings (SSSR count). The maximum absolute atomic E-state index is 12.0. The van der Waals surface area contributed by atoms with E-state index in [0.717, 1.165) is 9.13 Å². The minimum atomic E-state index is -0.552. The first-order valence-corrected chi connectivity index (χ1v) is 5.77. The molecule has 0 spiro atoms. The molecule has 0 aliphatic carbocycles. The van der Waals surface area contributed by atoms with Gasteiger partial charge in [0.25, 0.3) is 5.56 Å². The fourth-order valence-electron chi connectivity index (χ4n) is 1.58. The van der Waals surface area contributed by atoms with Crippen LogP contribution in [-0.2, 0) is 18.4 Å². The second kappa shape index (κ2) is 6.69. The van der Waals surface area contributed by atoms with E-state index in [4.69, 9.17) is 5.11 Å². The Hall–Kier alpha value is -2.15. The SMILES string of the molecule is C=CCN(CCO)C(=O)Cn1ccc(=O)n(C)c1=O. The van der Waals surface area contributed by atoms with Crippen LogP contribution in [0.4, 0.5) is 0 Å². The van der Waals surface area contributed by atoms with Gasteiger partial charge in [-0.2, -0.15) is 0 Å². The lowest BCUT2D eigenvalue weighted by Gasteiger charge is -2.20. The van der Waals surface area contributed by atoms with Crippen molar-refractivity contribution >= 4 is 5.91 Å². The number of carbonyl (C=O) groups is 1. The third-order valence-electron chi connectivity index (χ3n) is 2.64. The minimum absolute atomic E-state index is 0.165. The summed E-state index contributed by atoms with van der Waals surface area (Å²) in [7, 11) is 1.35. The number of carbonyl (C=O) groups excluding carboxylic acids is 1. The van der Waals surface area contributed by atoms with E-state index < -0.39 is 11.2 Å². The highest BCUT2D eigenvalue weighted by molar-refractivity contribution is 5.76. The predicted octanol–water partition coefficient (Wildman–Crippen LogP) is -1.45. The van der Waals surface area contributed by atoms with Gasteiger partial charge in [-0.1, -0.05) is 6.08 Å². The average Bonchev–Trinajstić information content (AvgIpc) is 2.39. The normalized spacial score (nSPS) is 10.2. The molecule has 1 N–H and O–H groups in total. The molecular weight excluding hydrogens is 250 g/mol. The molecule has 0 atom stereocenters. The Kier molecular flexibility index (Phi) is 5.25. The van der Waals surface area contributed by atoms with Gasteiger partial charge in [-0.05, 0) is 0 Å². The van der Waals surface area contributed by atoms with E-state index in [9.17, 15) is 14.4 Å². The summed E-state index contributed by atoms with van der Waals surface area (Å²) in [4.78, 5) is 36.3. The number of aliphatic hydroxyl groups excluding tert-OH is 1. The van der Waals surface area contributed by atoms with Crippen molar-refractivity contribution in [2.75, 3.05) is 19.7 Å². The van der Waals surface area contributed by atoms with Gasteiger partial charge in [0.1, 0.15) is 6.54 Å². The van der Waals surface area contributed by atoms with Gasteiger partial charge in [-0.3, -0.25) is 18.7 Å². The lowest BCUT2D eigenvalue weighted by molar-refractivity contribution is -0.131. The fraction of sp³-hybridized carbons (Fsp3) is 0.417. The Morgan fingerprint density at radius 3 is 2.79 bits per heavy atom. The summed E-state index contributed by atoms with van der Waals surface area (Å²) in [6.45, 7) is 3.64. The Balaban J connectivity index is 2.92. The quantitative estimate of drug-likeness (QED) is 0.639. The first-order chi connectivity index (χ1) is 9.01. The summed E-state index contributed by atoms with van der Waals surface area (Å²) in [6, 6.07) is 1.22. The van der Waals surface area contributed by atoms with Gasteiger partial charge in [-0.25, -0.2) is 4.79 Å². The molecule has 104 valence electrons. The summed E-state index contributed by atoms with van der Waals surface area (Å²) < 4.78 is 2.08. The van der Waals surface area contributed by atoms with Crippen LogP contribution >= 0.6 is 0 Å². The van der Waals surface area contributed by atoms with Gasteiger partial charge in [0.15, 0.2) is 0 Å². The van der Waals surface area contributed by atoms with E-state index in [1.54, 1.807) is 0 Å². The standard InChI is InChI=1S/C12H17N3O4/c1-3-5-14(7-8-16)11(18)9-15-6-4-10(17)13(2)12(15)19/h3-4,6,16H,1,5,7-9H2,2H3. The van der Waals surface area contributed by atoms with Crippen LogP contribution in [0.3, 0.4) is 0 Å². The van der Waals surface area contributed by atoms with Crippen molar-refractivity contribution in [2.45, 2.75) is 6.54 Å². The van der Waals surface area contributed by atoms with Crippen LogP contribution in [0.15, 0.2) is 34.5 Å². The first-order valence-electron chi connectivity index (χ1n) is 5.77. The maximum Gasteiger partial charge on any atom is 0.331 e. The second-order valence-electron chi connectivity index (χ2n) is 3.98. The van der Waals surface area contributed by atoms with Crippen LogP contribution in [0, 0.1) is 0 Å². The summed E-state index contributed by atoms with van der Waals surface area (Å²) >= 11 is 0. The molecule has 1 heterocycles. The summed E-state index contributed by atoms with van der Waals surface area (Å²) in [5.41, 5.74) is -0.976. The van der Waals surface area contributed by atoms with Crippen LogP contribution in [0.5, 0.6) is 0 Å². The van der Waals surface area contributed by atoms with Crippen LogP contribution in [0.1, 0.15) is 0 Å². The van der Waals surface area contributed by atoms with Crippen LogP contribution in [0.25, 0.3) is 0 Å². The molecule has 1 aromatic heterocycles. The van der Waals surface area contributed by atoms with E-state index in [2.05, 4.69) is 6.58 Å². The predicted molar refractivity (Wildman–Crippen MR) is 69.8 cm³/mol. The van der Waals surface area contributed by atoms with Gasteiger partial charge >= 0.3 is 5.69 Å². The van der Waals surface area contributed by atoms with Crippen molar-refractivity contribution in [1.82, 2.24) is 14.0 Å². The third kappa shape index (κ3) is 3.65. The molecule has 0 aliphatic heterocycles. The summed E-state index contributed by atoms with van der Waals surface area (Å²) in [5, 5.41) is 8.87. The third-order valence-corrected chi connectivity index (χ3v) is 2.64. The number of hydrogen-bond donors (Lipinski definition) is 1. The van der Waals surface area contributed by atoms with Crippen LogP contribution in [0.2, 0.25) is 0 Å². The highest BCUT2D eigenvalue weighted by Crippen LogP contribution is 1.93. The smallest absolute Gasteiger partial charge is 0.331 e. The average molecular weight is 267 g/mol. The van der Waals surface area contributed by atoms with E-state index in [1.807, 2.05) is 0 Å². The summed E-state index contributed by atoms with van der Waals surface area (Å²) in [6.07, 6.45) is 2.82. The molecule has 0 fully saturated rings. The van der Waals surface area contributed by atoms with Crippen molar-refractivity contribution in [2.24, 2.45) is 7.05 Å². The zero-order valence-corrected chi connectivity index (χ0v) is 10.8. The molecule has 19 heavy (non-hydrogen) atoms. The topological polar surface area (TPSA) is 84.5 Å². The van der Waals surface area contributed by atoms with Crippen molar-refractivity contribution in [3.63, 3.8) is 0 Å². The molecule has 1 aromatic rings. The second-order valence-corrected chi connectivity index (χ2v) is 3.98. The molecule has 0 saturated carbocycles. The van der Waals surface area contributed by atoms with Crippen molar-refractivity contribution in [3.8, 4) is 0 Å². The number of hydrogen-bond acceptors (Lipinski definition) is 4. The molecule has 7 heteroatoms. The van der Waals surface area contributed by atoms with Gasteiger partial charge in [0, 0.05) is 32.4 Å². The molecule has 0 aromatic carbocycles. The number of amides is 1.